The van der Waals surface area contributed by atoms with Crippen LogP contribution in [0.25, 0.3) is 0 Å². The first-order chi connectivity index (χ1) is 8.34. The van der Waals surface area contributed by atoms with Crippen LogP contribution in [0.1, 0.15) is 38.8 Å². The zero-order valence-electron chi connectivity index (χ0n) is 11.7. The van der Waals surface area contributed by atoms with E-state index >= 15 is 0 Å². The highest BCUT2D eigenvalue weighted by Gasteiger charge is 2.13. The molecule has 18 heavy (non-hydrogen) atoms. The fraction of sp³-hybridized carbons (Fsp3) is 0.533. The van der Waals surface area contributed by atoms with Gasteiger partial charge in [-0.15, -0.1) is 0 Å². The minimum atomic E-state index is -0.0396. The second-order valence-electron chi connectivity index (χ2n) is 5.75. The lowest BCUT2D eigenvalue weighted by Crippen LogP contribution is -2.29. The average Bonchev–Trinajstić information content (AvgIpc) is 2.34. The number of hydrogen-bond acceptors (Lipinski definition) is 2. The van der Waals surface area contributed by atoms with E-state index < -0.39 is 0 Å². The van der Waals surface area contributed by atoms with Gasteiger partial charge in [0, 0.05) is 18.2 Å². The predicted octanol–water partition coefficient (Wildman–Crippen LogP) is 3.17. The van der Waals surface area contributed by atoms with Gasteiger partial charge < -0.3 is 5.32 Å². The van der Waals surface area contributed by atoms with Gasteiger partial charge in [-0.2, -0.15) is 12.6 Å². The number of benzene rings is 1. The Hall–Kier alpha value is -0.960. The quantitative estimate of drug-likeness (QED) is 0.805. The summed E-state index contributed by atoms with van der Waals surface area (Å²) >= 11 is 4.12. The predicted molar refractivity (Wildman–Crippen MR) is 80.0 cm³/mol. The molecule has 2 nitrogen and oxygen atoms in total. The maximum absolute atomic E-state index is 11.6. The van der Waals surface area contributed by atoms with Gasteiger partial charge in [0.05, 0.1) is 0 Å². The first kappa shape index (κ1) is 15.1. The summed E-state index contributed by atoms with van der Waals surface area (Å²) in [5.41, 5.74) is 2.60. The second kappa shape index (κ2) is 6.28. The first-order valence-corrected chi connectivity index (χ1v) is 6.96. The van der Waals surface area contributed by atoms with E-state index in [1.807, 2.05) is 6.92 Å². The van der Waals surface area contributed by atoms with E-state index in [2.05, 4.69) is 63.0 Å². The summed E-state index contributed by atoms with van der Waals surface area (Å²) in [6.07, 6.45) is 0. The summed E-state index contributed by atoms with van der Waals surface area (Å²) in [5.74, 6) is 0.599. The number of carbonyl (C=O) groups excluding carboxylic acids is 1. The number of amides is 1. The smallest absolute Gasteiger partial charge is 0.223 e. The molecule has 0 aliphatic heterocycles. The highest BCUT2D eigenvalue weighted by atomic mass is 32.1. The Bertz CT molecular complexity index is 392. The van der Waals surface area contributed by atoms with Crippen LogP contribution in [0.3, 0.4) is 0 Å². The second-order valence-corrected chi connectivity index (χ2v) is 6.11. The fourth-order valence-electron chi connectivity index (χ4n) is 1.57. The van der Waals surface area contributed by atoms with Crippen molar-refractivity contribution in [1.29, 1.82) is 0 Å². The molecule has 100 valence electrons. The Morgan fingerprint density at radius 3 is 2.28 bits per heavy atom. The van der Waals surface area contributed by atoms with Gasteiger partial charge in [-0.3, -0.25) is 4.79 Å². The molecular weight excluding hydrogens is 242 g/mol. The van der Waals surface area contributed by atoms with Crippen LogP contribution in [0.4, 0.5) is 0 Å². The molecule has 0 saturated carbocycles. The third-order valence-corrected chi connectivity index (χ3v) is 3.56. The average molecular weight is 265 g/mol. The SMILES string of the molecule is CC(CS)C(=O)NCc1ccc(C(C)(C)C)cc1. The summed E-state index contributed by atoms with van der Waals surface area (Å²) in [7, 11) is 0. The van der Waals surface area contributed by atoms with Crippen LogP contribution < -0.4 is 5.32 Å². The summed E-state index contributed by atoms with van der Waals surface area (Å²) in [5, 5.41) is 2.92. The molecule has 0 aliphatic rings. The van der Waals surface area contributed by atoms with Crippen LogP contribution in [0.15, 0.2) is 24.3 Å². The van der Waals surface area contributed by atoms with Crippen LogP contribution >= 0.6 is 12.6 Å². The first-order valence-electron chi connectivity index (χ1n) is 6.32. The zero-order valence-corrected chi connectivity index (χ0v) is 12.6. The molecule has 0 spiro atoms. The van der Waals surface area contributed by atoms with Crippen molar-refractivity contribution in [3.05, 3.63) is 35.4 Å². The van der Waals surface area contributed by atoms with E-state index in [4.69, 9.17) is 0 Å². The summed E-state index contributed by atoms with van der Waals surface area (Å²) in [6, 6.07) is 8.41. The van der Waals surface area contributed by atoms with E-state index in [0.717, 1.165) is 5.56 Å². The lowest BCUT2D eigenvalue weighted by atomic mass is 9.87. The maximum atomic E-state index is 11.6. The molecule has 1 aromatic carbocycles. The van der Waals surface area contributed by atoms with Gasteiger partial charge in [0.1, 0.15) is 0 Å². The molecule has 1 unspecified atom stereocenters. The molecule has 0 aliphatic carbocycles. The van der Waals surface area contributed by atoms with E-state index in [-0.39, 0.29) is 17.2 Å². The van der Waals surface area contributed by atoms with Crippen molar-refractivity contribution in [3.63, 3.8) is 0 Å². The van der Waals surface area contributed by atoms with Crippen LogP contribution in [0.5, 0.6) is 0 Å². The third kappa shape index (κ3) is 4.37. The van der Waals surface area contributed by atoms with Gasteiger partial charge in [-0.05, 0) is 16.5 Å². The lowest BCUT2D eigenvalue weighted by Gasteiger charge is -2.19. The molecule has 1 amide bonds. The van der Waals surface area contributed by atoms with Crippen LogP contribution in [0, 0.1) is 5.92 Å². The van der Waals surface area contributed by atoms with Gasteiger partial charge in [-0.25, -0.2) is 0 Å². The van der Waals surface area contributed by atoms with E-state index in [1.54, 1.807) is 0 Å². The molecule has 0 bridgehead atoms. The summed E-state index contributed by atoms with van der Waals surface area (Å²) < 4.78 is 0. The normalized spacial score (nSPS) is 13.2. The largest absolute Gasteiger partial charge is 0.352 e. The topological polar surface area (TPSA) is 29.1 Å². The van der Waals surface area contributed by atoms with E-state index in [0.29, 0.717) is 12.3 Å². The molecule has 0 saturated heterocycles. The summed E-state index contributed by atoms with van der Waals surface area (Å²) in [6.45, 7) is 9.04. The number of carbonyl (C=O) groups is 1. The highest BCUT2D eigenvalue weighted by molar-refractivity contribution is 7.80. The van der Waals surface area contributed by atoms with Crippen molar-refractivity contribution in [1.82, 2.24) is 5.32 Å². The minimum absolute atomic E-state index is 0.0396. The molecule has 0 fully saturated rings. The standard InChI is InChI=1S/C15H23NOS/c1-11(10-18)14(17)16-9-12-5-7-13(8-6-12)15(2,3)4/h5-8,11,18H,9-10H2,1-4H3,(H,16,17). The number of hydrogen-bond donors (Lipinski definition) is 2. The van der Waals surface area contributed by atoms with Crippen molar-refractivity contribution in [2.45, 2.75) is 39.7 Å². The molecule has 3 heteroatoms. The molecular formula is C15H23NOS. The Labute approximate surface area is 116 Å². The van der Waals surface area contributed by atoms with Crippen molar-refractivity contribution < 1.29 is 4.79 Å². The Morgan fingerprint density at radius 2 is 1.83 bits per heavy atom. The van der Waals surface area contributed by atoms with Crippen molar-refractivity contribution >= 4 is 18.5 Å². The third-order valence-electron chi connectivity index (χ3n) is 3.01. The maximum Gasteiger partial charge on any atom is 0.223 e. The highest BCUT2D eigenvalue weighted by Crippen LogP contribution is 2.22. The van der Waals surface area contributed by atoms with Gasteiger partial charge in [0.25, 0.3) is 0 Å². The van der Waals surface area contributed by atoms with Crippen LogP contribution in [-0.4, -0.2) is 11.7 Å². The molecule has 0 aromatic heterocycles. The molecule has 1 aromatic rings. The molecule has 1 rings (SSSR count). The molecule has 1 atom stereocenters. The van der Waals surface area contributed by atoms with Crippen LogP contribution in [-0.2, 0) is 16.8 Å². The molecule has 0 radical (unpaired) electrons. The van der Waals surface area contributed by atoms with Crippen molar-refractivity contribution in [2.24, 2.45) is 5.92 Å². The van der Waals surface area contributed by atoms with Gasteiger partial charge in [0.15, 0.2) is 0 Å². The minimum Gasteiger partial charge on any atom is -0.352 e. The molecule has 1 N–H and O–H groups in total. The van der Waals surface area contributed by atoms with Crippen molar-refractivity contribution in [3.8, 4) is 0 Å². The van der Waals surface area contributed by atoms with Gasteiger partial charge >= 0.3 is 0 Å². The number of nitrogens with one attached hydrogen (secondary N) is 1. The fourth-order valence-corrected chi connectivity index (χ4v) is 1.73. The van der Waals surface area contributed by atoms with Gasteiger partial charge in [-0.1, -0.05) is 52.0 Å². The van der Waals surface area contributed by atoms with Crippen molar-refractivity contribution in [2.75, 3.05) is 5.75 Å². The Kier molecular flexibility index (Phi) is 5.27. The van der Waals surface area contributed by atoms with Crippen LogP contribution in [0.2, 0.25) is 0 Å². The number of thiol groups is 1. The van der Waals surface area contributed by atoms with Gasteiger partial charge in [0.2, 0.25) is 5.91 Å². The summed E-state index contributed by atoms with van der Waals surface area (Å²) in [4.78, 5) is 11.6. The Balaban J connectivity index is 2.57. The number of rotatable bonds is 4. The van der Waals surface area contributed by atoms with E-state index in [1.165, 1.54) is 5.56 Å². The monoisotopic (exact) mass is 265 g/mol. The Morgan fingerprint density at radius 1 is 1.28 bits per heavy atom. The zero-order chi connectivity index (χ0) is 13.8. The van der Waals surface area contributed by atoms with E-state index in [9.17, 15) is 4.79 Å². The molecule has 0 heterocycles. The lowest BCUT2D eigenvalue weighted by molar-refractivity contribution is -0.123.